The second kappa shape index (κ2) is 5.73. The molecule has 0 saturated heterocycles. The molecule has 0 saturated carbocycles. The predicted octanol–water partition coefficient (Wildman–Crippen LogP) is 4.44. The SMILES string of the molecule is Cc1ccc(C(N)=S)c(Oc2cccc(C(F)(F)F)c2)c1. The molecule has 0 unspecified atom stereocenters. The molecule has 21 heavy (non-hydrogen) atoms. The van der Waals surface area contributed by atoms with Gasteiger partial charge in [-0.25, -0.2) is 0 Å². The van der Waals surface area contributed by atoms with E-state index in [1.165, 1.54) is 12.1 Å². The van der Waals surface area contributed by atoms with Crippen molar-refractivity contribution in [3.05, 3.63) is 59.2 Å². The summed E-state index contributed by atoms with van der Waals surface area (Å²) < 4.78 is 43.6. The van der Waals surface area contributed by atoms with Crippen LogP contribution in [0.2, 0.25) is 0 Å². The van der Waals surface area contributed by atoms with E-state index in [9.17, 15) is 13.2 Å². The minimum Gasteiger partial charge on any atom is -0.457 e. The van der Waals surface area contributed by atoms with Gasteiger partial charge in [0.25, 0.3) is 0 Å². The van der Waals surface area contributed by atoms with Gasteiger partial charge in [0, 0.05) is 0 Å². The third-order valence-corrected chi connectivity index (χ3v) is 3.01. The Balaban J connectivity index is 2.39. The zero-order chi connectivity index (χ0) is 15.6. The third kappa shape index (κ3) is 3.72. The highest BCUT2D eigenvalue weighted by Crippen LogP contribution is 2.33. The van der Waals surface area contributed by atoms with Gasteiger partial charge in [-0.2, -0.15) is 13.2 Å². The van der Waals surface area contributed by atoms with E-state index in [2.05, 4.69) is 0 Å². The van der Waals surface area contributed by atoms with Crippen molar-refractivity contribution >= 4 is 17.2 Å². The van der Waals surface area contributed by atoms with E-state index in [4.69, 9.17) is 22.7 Å². The molecule has 6 heteroatoms. The van der Waals surface area contributed by atoms with E-state index in [0.717, 1.165) is 17.7 Å². The Morgan fingerprint density at radius 2 is 1.86 bits per heavy atom. The number of halogens is 3. The predicted molar refractivity (Wildman–Crippen MR) is 78.6 cm³/mol. The first-order valence-electron chi connectivity index (χ1n) is 6.03. The van der Waals surface area contributed by atoms with Gasteiger partial charge in [0.05, 0.1) is 11.1 Å². The molecule has 0 aliphatic carbocycles. The fourth-order valence-corrected chi connectivity index (χ4v) is 1.95. The zero-order valence-corrected chi connectivity index (χ0v) is 11.9. The summed E-state index contributed by atoms with van der Waals surface area (Å²) in [5.41, 5.74) is 6.18. The van der Waals surface area contributed by atoms with Gasteiger partial charge in [-0.1, -0.05) is 24.4 Å². The first-order chi connectivity index (χ1) is 9.77. The molecule has 110 valence electrons. The van der Waals surface area contributed by atoms with E-state index in [1.54, 1.807) is 18.2 Å². The van der Waals surface area contributed by atoms with Crippen molar-refractivity contribution in [1.82, 2.24) is 0 Å². The van der Waals surface area contributed by atoms with Crippen LogP contribution in [0.3, 0.4) is 0 Å². The molecule has 0 bridgehead atoms. The van der Waals surface area contributed by atoms with Crippen LogP contribution >= 0.6 is 12.2 Å². The molecule has 0 aliphatic rings. The van der Waals surface area contributed by atoms with Gasteiger partial charge in [-0.15, -0.1) is 0 Å². The summed E-state index contributed by atoms with van der Waals surface area (Å²) in [7, 11) is 0. The summed E-state index contributed by atoms with van der Waals surface area (Å²) in [6.45, 7) is 1.84. The summed E-state index contributed by atoms with van der Waals surface area (Å²) in [5, 5.41) is 0. The molecule has 0 fully saturated rings. The maximum atomic E-state index is 12.7. The second-order valence-corrected chi connectivity index (χ2v) is 4.93. The van der Waals surface area contributed by atoms with Gasteiger partial charge in [-0.3, -0.25) is 0 Å². The standard InChI is InChI=1S/C15H12F3NOS/c1-9-5-6-12(14(19)21)13(7-9)20-11-4-2-3-10(8-11)15(16,17)18/h2-8H,1H3,(H2,19,21). The second-order valence-electron chi connectivity index (χ2n) is 4.49. The molecule has 2 nitrogen and oxygen atoms in total. The molecular formula is C15H12F3NOS. The minimum absolute atomic E-state index is 0.0768. The topological polar surface area (TPSA) is 35.2 Å². The van der Waals surface area contributed by atoms with Gasteiger partial charge in [0.2, 0.25) is 0 Å². The molecule has 2 rings (SSSR count). The zero-order valence-electron chi connectivity index (χ0n) is 11.1. The van der Waals surface area contributed by atoms with Gasteiger partial charge in [0.1, 0.15) is 16.5 Å². The number of thiocarbonyl (C=S) groups is 1. The van der Waals surface area contributed by atoms with Crippen LogP contribution in [-0.4, -0.2) is 4.99 Å². The van der Waals surface area contributed by atoms with E-state index in [-0.39, 0.29) is 10.7 Å². The molecule has 0 aliphatic heterocycles. The van der Waals surface area contributed by atoms with Gasteiger partial charge in [-0.05, 0) is 42.8 Å². The average molecular weight is 311 g/mol. The van der Waals surface area contributed by atoms with Crippen LogP contribution in [0.4, 0.5) is 13.2 Å². The summed E-state index contributed by atoms with van der Waals surface area (Å²) in [6.07, 6.45) is -4.42. The summed E-state index contributed by atoms with van der Waals surface area (Å²) >= 11 is 4.91. The first kappa shape index (κ1) is 15.3. The summed E-state index contributed by atoms with van der Waals surface area (Å²) in [4.78, 5) is 0.122. The third-order valence-electron chi connectivity index (χ3n) is 2.79. The van der Waals surface area contributed by atoms with Crippen LogP contribution in [-0.2, 0) is 6.18 Å². The molecule has 0 aromatic heterocycles. The molecule has 0 atom stereocenters. The van der Waals surface area contributed by atoms with Crippen molar-refractivity contribution in [3.63, 3.8) is 0 Å². The molecule has 0 radical (unpaired) electrons. The number of alkyl halides is 3. The first-order valence-corrected chi connectivity index (χ1v) is 6.44. The van der Waals surface area contributed by atoms with Crippen molar-refractivity contribution < 1.29 is 17.9 Å². The Hall–Kier alpha value is -2.08. The monoisotopic (exact) mass is 311 g/mol. The number of hydrogen-bond donors (Lipinski definition) is 1. The molecule has 2 aromatic rings. The number of benzene rings is 2. The highest BCUT2D eigenvalue weighted by molar-refractivity contribution is 7.80. The van der Waals surface area contributed by atoms with E-state index >= 15 is 0 Å². The fraction of sp³-hybridized carbons (Fsp3) is 0.133. The Kier molecular flexibility index (Phi) is 4.18. The van der Waals surface area contributed by atoms with Crippen LogP contribution in [0.25, 0.3) is 0 Å². The van der Waals surface area contributed by atoms with Gasteiger partial charge >= 0.3 is 6.18 Å². The number of nitrogens with two attached hydrogens (primary N) is 1. The number of ether oxygens (including phenoxy) is 1. The van der Waals surface area contributed by atoms with Crippen molar-refractivity contribution in [3.8, 4) is 11.5 Å². The lowest BCUT2D eigenvalue weighted by Crippen LogP contribution is -2.11. The van der Waals surface area contributed by atoms with E-state index in [0.29, 0.717) is 11.3 Å². The van der Waals surface area contributed by atoms with Gasteiger partial charge < -0.3 is 10.5 Å². The average Bonchev–Trinajstić information content (AvgIpc) is 2.37. The lowest BCUT2D eigenvalue weighted by Gasteiger charge is -2.13. The fourth-order valence-electron chi connectivity index (χ4n) is 1.78. The highest BCUT2D eigenvalue weighted by Gasteiger charge is 2.30. The number of aryl methyl sites for hydroxylation is 1. The Labute approximate surface area is 125 Å². The van der Waals surface area contributed by atoms with Crippen LogP contribution in [0.5, 0.6) is 11.5 Å². The normalized spacial score (nSPS) is 11.2. The Morgan fingerprint density at radius 3 is 2.48 bits per heavy atom. The van der Waals surface area contributed by atoms with Crippen LogP contribution in [0.15, 0.2) is 42.5 Å². The minimum atomic E-state index is -4.42. The lowest BCUT2D eigenvalue weighted by molar-refractivity contribution is -0.137. The molecular weight excluding hydrogens is 299 g/mol. The molecule has 2 aromatic carbocycles. The Morgan fingerprint density at radius 1 is 1.14 bits per heavy atom. The molecule has 0 amide bonds. The maximum absolute atomic E-state index is 12.7. The maximum Gasteiger partial charge on any atom is 0.416 e. The number of hydrogen-bond acceptors (Lipinski definition) is 2. The molecule has 0 heterocycles. The Bertz CT molecular complexity index is 683. The quantitative estimate of drug-likeness (QED) is 0.851. The molecule has 2 N–H and O–H groups in total. The molecule has 0 spiro atoms. The lowest BCUT2D eigenvalue weighted by atomic mass is 10.1. The van der Waals surface area contributed by atoms with Crippen molar-refractivity contribution in [2.24, 2.45) is 5.73 Å². The summed E-state index contributed by atoms with van der Waals surface area (Å²) in [5.74, 6) is 0.412. The van der Waals surface area contributed by atoms with E-state index < -0.39 is 11.7 Å². The van der Waals surface area contributed by atoms with Crippen molar-refractivity contribution in [2.75, 3.05) is 0 Å². The van der Waals surface area contributed by atoms with Gasteiger partial charge in [0.15, 0.2) is 0 Å². The van der Waals surface area contributed by atoms with Crippen molar-refractivity contribution in [2.45, 2.75) is 13.1 Å². The highest BCUT2D eigenvalue weighted by atomic mass is 32.1. The van der Waals surface area contributed by atoms with E-state index in [1.807, 2.05) is 6.92 Å². The van der Waals surface area contributed by atoms with Crippen LogP contribution < -0.4 is 10.5 Å². The largest absolute Gasteiger partial charge is 0.457 e. The van der Waals surface area contributed by atoms with Crippen molar-refractivity contribution in [1.29, 1.82) is 0 Å². The summed E-state index contributed by atoms with van der Waals surface area (Å²) in [6, 6.07) is 9.81. The van der Waals surface area contributed by atoms with Crippen LogP contribution in [0, 0.1) is 6.92 Å². The smallest absolute Gasteiger partial charge is 0.416 e. The number of rotatable bonds is 3. The van der Waals surface area contributed by atoms with Crippen LogP contribution in [0.1, 0.15) is 16.7 Å².